The second-order valence-electron chi connectivity index (χ2n) is 5.62. The second kappa shape index (κ2) is 6.36. The van der Waals surface area contributed by atoms with Gasteiger partial charge in [-0.05, 0) is 36.1 Å². The third-order valence-electron chi connectivity index (χ3n) is 4.21. The van der Waals surface area contributed by atoms with Crippen LogP contribution in [-0.4, -0.2) is 24.5 Å². The van der Waals surface area contributed by atoms with E-state index in [0.29, 0.717) is 0 Å². The molecule has 0 fully saturated rings. The molecule has 0 saturated heterocycles. The Hall–Kier alpha value is -2.43. The summed E-state index contributed by atoms with van der Waals surface area (Å²) in [4.78, 5) is 13.9. The number of carbonyl (C=O) groups is 1. The lowest BCUT2D eigenvalue weighted by molar-refractivity contribution is -0.134. The molecule has 1 atom stereocenters. The van der Waals surface area contributed by atoms with E-state index in [4.69, 9.17) is 4.74 Å². The molecular weight excluding hydrogens is 300 g/mol. The maximum Gasteiger partial charge on any atom is 0.260 e. The molecule has 0 aliphatic heterocycles. The summed E-state index contributed by atoms with van der Waals surface area (Å²) in [6.07, 6.45) is 1.80. The third-order valence-corrected chi connectivity index (χ3v) is 4.21. The van der Waals surface area contributed by atoms with Gasteiger partial charge in [0.2, 0.25) is 0 Å². The van der Waals surface area contributed by atoms with E-state index in [1.165, 1.54) is 11.6 Å². The summed E-state index contributed by atoms with van der Waals surface area (Å²) in [5.41, 5.74) is 2.40. The predicted octanol–water partition coefficient (Wildman–Crippen LogP) is 3.49. The Kier molecular flexibility index (Phi) is 4.28. The van der Waals surface area contributed by atoms with Crippen LogP contribution in [0.1, 0.15) is 23.6 Å². The fourth-order valence-electron chi connectivity index (χ4n) is 2.94. The SMILES string of the molecule is CN(C(=O)COc1ccc(F)cc1F)C1CCc2ccccc21. The lowest BCUT2D eigenvalue weighted by atomic mass is 10.1. The van der Waals surface area contributed by atoms with Crippen LogP contribution in [0, 0.1) is 11.6 Å². The van der Waals surface area contributed by atoms with E-state index in [1.807, 2.05) is 18.2 Å². The highest BCUT2D eigenvalue weighted by Crippen LogP contribution is 2.34. The van der Waals surface area contributed by atoms with E-state index in [1.54, 1.807) is 11.9 Å². The first kappa shape index (κ1) is 15.5. The minimum atomic E-state index is -0.813. The van der Waals surface area contributed by atoms with Gasteiger partial charge >= 0.3 is 0 Å². The van der Waals surface area contributed by atoms with Crippen LogP contribution < -0.4 is 4.74 Å². The number of hydrogen-bond acceptors (Lipinski definition) is 2. The summed E-state index contributed by atoms with van der Waals surface area (Å²) < 4.78 is 31.5. The van der Waals surface area contributed by atoms with Gasteiger partial charge in [0.05, 0.1) is 6.04 Å². The second-order valence-corrected chi connectivity index (χ2v) is 5.62. The van der Waals surface area contributed by atoms with Crippen molar-refractivity contribution >= 4 is 5.91 Å². The molecule has 1 amide bonds. The molecule has 0 radical (unpaired) electrons. The maximum absolute atomic E-state index is 13.5. The maximum atomic E-state index is 13.5. The number of amides is 1. The molecule has 0 bridgehead atoms. The van der Waals surface area contributed by atoms with Gasteiger partial charge in [0, 0.05) is 13.1 Å². The van der Waals surface area contributed by atoms with Gasteiger partial charge in [0.15, 0.2) is 18.2 Å². The zero-order valence-electron chi connectivity index (χ0n) is 12.8. The van der Waals surface area contributed by atoms with Gasteiger partial charge in [-0.2, -0.15) is 0 Å². The van der Waals surface area contributed by atoms with Gasteiger partial charge < -0.3 is 9.64 Å². The van der Waals surface area contributed by atoms with Crippen molar-refractivity contribution in [1.29, 1.82) is 0 Å². The van der Waals surface area contributed by atoms with Crippen LogP contribution in [0.5, 0.6) is 5.75 Å². The molecule has 23 heavy (non-hydrogen) atoms. The summed E-state index contributed by atoms with van der Waals surface area (Å²) in [5.74, 6) is -1.86. The van der Waals surface area contributed by atoms with E-state index in [-0.39, 0.29) is 24.3 Å². The average molecular weight is 317 g/mol. The molecular formula is C18H17F2NO2. The summed E-state index contributed by atoms with van der Waals surface area (Å²) in [6, 6.07) is 11.1. The summed E-state index contributed by atoms with van der Waals surface area (Å²) in [5, 5.41) is 0. The first-order chi connectivity index (χ1) is 11.1. The zero-order chi connectivity index (χ0) is 16.4. The molecule has 3 nitrogen and oxygen atoms in total. The van der Waals surface area contributed by atoms with Crippen molar-refractivity contribution < 1.29 is 18.3 Å². The number of nitrogens with zero attached hydrogens (tertiary/aromatic N) is 1. The highest BCUT2D eigenvalue weighted by Gasteiger charge is 2.28. The van der Waals surface area contributed by atoms with Crippen molar-refractivity contribution in [3.05, 3.63) is 65.2 Å². The monoisotopic (exact) mass is 317 g/mol. The highest BCUT2D eigenvalue weighted by molar-refractivity contribution is 5.78. The van der Waals surface area contributed by atoms with E-state index >= 15 is 0 Å². The number of halogens is 2. The average Bonchev–Trinajstić information content (AvgIpc) is 2.97. The molecule has 2 aromatic rings. The lowest BCUT2D eigenvalue weighted by Gasteiger charge is -2.25. The molecule has 2 aromatic carbocycles. The third kappa shape index (κ3) is 3.18. The van der Waals surface area contributed by atoms with Crippen LogP contribution in [-0.2, 0) is 11.2 Å². The molecule has 5 heteroatoms. The van der Waals surface area contributed by atoms with Gasteiger partial charge in [-0.1, -0.05) is 24.3 Å². The van der Waals surface area contributed by atoms with Crippen LogP contribution in [0.3, 0.4) is 0 Å². The van der Waals surface area contributed by atoms with E-state index in [9.17, 15) is 13.6 Å². The number of rotatable bonds is 4. The van der Waals surface area contributed by atoms with Crippen molar-refractivity contribution in [2.45, 2.75) is 18.9 Å². The summed E-state index contributed by atoms with van der Waals surface area (Å²) in [7, 11) is 1.72. The molecule has 1 unspecified atom stereocenters. The van der Waals surface area contributed by atoms with Crippen molar-refractivity contribution in [2.24, 2.45) is 0 Å². The molecule has 120 valence electrons. The Bertz CT molecular complexity index is 733. The normalized spacial score (nSPS) is 16.0. The summed E-state index contributed by atoms with van der Waals surface area (Å²) in [6.45, 7) is -0.280. The molecule has 0 saturated carbocycles. The fraction of sp³-hybridized carbons (Fsp3) is 0.278. The molecule has 0 aromatic heterocycles. The van der Waals surface area contributed by atoms with Gasteiger partial charge in [-0.25, -0.2) is 8.78 Å². The van der Waals surface area contributed by atoms with Crippen molar-refractivity contribution in [3.63, 3.8) is 0 Å². The first-order valence-corrected chi connectivity index (χ1v) is 7.47. The standard InChI is InChI=1S/C18H17F2NO2/c1-21(16-8-6-12-4-2-3-5-14(12)16)18(22)11-23-17-9-7-13(19)10-15(17)20/h2-5,7,9-10,16H,6,8,11H2,1H3. The molecule has 1 aliphatic rings. The van der Waals surface area contributed by atoms with Crippen LogP contribution in [0.25, 0.3) is 0 Å². The van der Waals surface area contributed by atoms with Gasteiger partial charge in [0.1, 0.15) is 5.82 Å². The molecule has 0 heterocycles. The van der Waals surface area contributed by atoms with Gasteiger partial charge in [-0.3, -0.25) is 4.79 Å². The van der Waals surface area contributed by atoms with E-state index in [2.05, 4.69) is 6.07 Å². The van der Waals surface area contributed by atoms with Crippen LogP contribution in [0.4, 0.5) is 8.78 Å². The molecule has 0 N–H and O–H groups in total. The Morgan fingerprint density at radius 1 is 1.26 bits per heavy atom. The number of aryl methyl sites for hydroxylation is 1. The number of likely N-dealkylation sites (N-methyl/N-ethyl adjacent to an activating group) is 1. The number of ether oxygens (including phenoxy) is 1. The Morgan fingerprint density at radius 3 is 2.83 bits per heavy atom. The van der Waals surface area contributed by atoms with Crippen LogP contribution in [0.2, 0.25) is 0 Å². The molecule has 3 rings (SSSR count). The van der Waals surface area contributed by atoms with Crippen LogP contribution >= 0.6 is 0 Å². The summed E-state index contributed by atoms with van der Waals surface area (Å²) >= 11 is 0. The Balaban J connectivity index is 1.65. The van der Waals surface area contributed by atoms with Crippen molar-refractivity contribution in [2.75, 3.05) is 13.7 Å². The lowest BCUT2D eigenvalue weighted by Crippen LogP contribution is -2.34. The molecule has 1 aliphatic carbocycles. The van der Waals surface area contributed by atoms with Crippen molar-refractivity contribution in [1.82, 2.24) is 4.90 Å². The first-order valence-electron chi connectivity index (χ1n) is 7.47. The Morgan fingerprint density at radius 2 is 2.04 bits per heavy atom. The van der Waals surface area contributed by atoms with Crippen molar-refractivity contribution in [3.8, 4) is 5.75 Å². The van der Waals surface area contributed by atoms with Gasteiger partial charge in [0.25, 0.3) is 5.91 Å². The predicted molar refractivity (Wildman–Crippen MR) is 82.1 cm³/mol. The number of benzene rings is 2. The number of carbonyl (C=O) groups excluding carboxylic acids is 1. The van der Waals surface area contributed by atoms with Crippen LogP contribution in [0.15, 0.2) is 42.5 Å². The highest BCUT2D eigenvalue weighted by atomic mass is 19.1. The largest absolute Gasteiger partial charge is 0.481 e. The minimum absolute atomic E-state index is 0.0142. The quantitative estimate of drug-likeness (QED) is 0.864. The molecule has 0 spiro atoms. The topological polar surface area (TPSA) is 29.5 Å². The number of hydrogen-bond donors (Lipinski definition) is 0. The van der Waals surface area contributed by atoms with E-state index in [0.717, 1.165) is 30.5 Å². The fourth-order valence-corrected chi connectivity index (χ4v) is 2.94. The van der Waals surface area contributed by atoms with Gasteiger partial charge in [-0.15, -0.1) is 0 Å². The smallest absolute Gasteiger partial charge is 0.260 e. The minimum Gasteiger partial charge on any atom is -0.481 e. The zero-order valence-corrected chi connectivity index (χ0v) is 12.8. The van der Waals surface area contributed by atoms with E-state index < -0.39 is 11.6 Å². The number of fused-ring (bicyclic) bond motifs is 1. The Labute approximate surface area is 133 Å².